The highest BCUT2D eigenvalue weighted by atomic mass is 16.4. The molecular formula is C18H16N6O. The van der Waals surface area contributed by atoms with Gasteiger partial charge in [-0.2, -0.15) is 0 Å². The Labute approximate surface area is 144 Å². The van der Waals surface area contributed by atoms with Gasteiger partial charge < -0.3 is 4.42 Å². The second-order valence-electron chi connectivity index (χ2n) is 5.72. The first kappa shape index (κ1) is 15.2. The molecule has 0 atom stereocenters. The molecule has 1 aromatic carbocycles. The molecule has 124 valence electrons. The van der Waals surface area contributed by atoms with E-state index >= 15 is 0 Å². The summed E-state index contributed by atoms with van der Waals surface area (Å²) in [5.74, 6) is 1.97. The van der Waals surface area contributed by atoms with E-state index in [9.17, 15) is 0 Å². The summed E-state index contributed by atoms with van der Waals surface area (Å²) in [6.45, 7) is 4.48. The molecule has 4 rings (SSSR count). The molecule has 0 radical (unpaired) electrons. The zero-order valence-corrected chi connectivity index (χ0v) is 13.9. The second-order valence-corrected chi connectivity index (χ2v) is 5.72. The van der Waals surface area contributed by atoms with Crippen LogP contribution in [0.4, 0.5) is 0 Å². The van der Waals surface area contributed by atoms with E-state index in [-0.39, 0.29) is 0 Å². The molecule has 0 bridgehead atoms. The highest BCUT2D eigenvalue weighted by molar-refractivity contribution is 5.54. The Kier molecular flexibility index (Phi) is 3.81. The van der Waals surface area contributed by atoms with Crippen LogP contribution in [0.5, 0.6) is 0 Å². The van der Waals surface area contributed by atoms with Gasteiger partial charge in [-0.25, -0.2) is 9.67 Å². The predicted molar refractivity (Wildman–Crippen MR) is 91.6 cm³/mol. The molecule has 0 aliphatic carbocycles. The number of benzene rings is 1. The van der Waals surface area contributed by atoms with Gasteiger partial charge in [0.05, 0.1) is 6.54 Å². The Balaban J connectivity index is 1.61. The molecular weight excluding hydrogens is 316 g/mol. The molecule has 0 amide bonds. The van der Waals surface area contributed by atoms with E-state index in [1.165, 1.54) is 0 Å². The molecule has 0 fully saturated rings. The molecule has 7 heteroatoms. The number of hydrogen-bond acceptors (Lipinski definition) is 6. The second kappa shape index (κ2) is 6.27. The lowest BCUT2D eigenvalue weighted by Gasteiger charge is -2.03. The van der Waals surface area contributed by atoms with Crippen molar-refractivity contribution in [2.75, 3.05) is 0 Å². The van der Waals surface area contributed by atoms with Crippen LogP contribution in [0.1, 0.15) is 17.1 Å². The molecule has 3 aromatic heterocycles. The van der Waals surface area contributed by atoms with Crippen molar-refractivity contribution in [1.29, 1.82) is 0 Å². The molecule has 4 aromatic rings. The zero-order chi connectivity index (χ0) is 17.2. The highest BCUT2D eigenvalue weighted by Crippen LogP contribution is 2.22. The van der Waals surface area contributed by atoms with Gasteiger partial charge in [0.1, 0.15) is 5.82 Å². The molecule has 7 nitrogen and oxygen atoms in total. The van der Waals surface area contributed by atoms with Crippen LogP contribution in [-0.2, 0) is 6.54 Å². The summed E-state index contributed by atoms with van der Waals surface area (Å²) in [6, 6.07) is 13.6. The fourth-order valence-corrected chi connectivity index (χ4v) is 2.55. The number of nitrogens with zero attached hydrogens (tertiary/aromatic N) is 6. The maximum absolute atomic E-state index is 5.72. The largest absolute Gasteiger partial charge is 0.413 e. The van der Waals surface area contributed by atoms with Crippen LogP contribution >= 0.6 is 0 Å². The molecule has 0 spiro atoms. The quantitative estimate of drug-likeness (QED) is 0.571. The number of aryl methyl sites for hydroxylation is 2. The minimum atomic E-state index is 0.312. The van der Waals surface area contributed by atoms with Crippen molar-refractivity contribution < 1.29 is 4.42 Å². The van der Waals surface area contributed by atoms with Gasteiger partial charge in [-0.15, -0.1) is 15.3 Å². The van der Waals surface area contributed by atoms with Crippen LogP contribution in [0, 0.1) is 13.8 Å². The Bertz CT molecular complexity index is 1010. The van der Waals surface area contributed by atoms with E-state index in [2.05, 4.69) is 25.3 Å². The Hall–Kier alpha value is -3.35. The fraction of sp³-hybridized carbons (Fsp3) is 0.167. The molecule has 0 unspecified atom stereocenters. The van der Waals surface area contributed by atoms with Crippen molar-refractivity contribution in [3.8, 4) is 23.2 Å². The van der Waals surface area contributed by atoms with Gasteiger partial charge in [0, 0.05) is 17.5 Å². The lowest BCUT2D eigenvalue weighted by Crippen LogP contribution is -2.04. The van der Waals surface area contributed by atoms with Gasteiger partial charge in [-0.1, -0.05) is 18.2 Å². The summed E-state index contributed by atoms with van der Waals surface area (Å²) < 4.78 is 7.54. The maximum Gasteiger partial charge on any atom is 0.287 e. The van der Waals surface area contributed by atoms with Crippen molar-refractivity contribution in [2.24, 2.45) is 0 Å². The summed E-state index contributed by atoms with van der Waals surface area (Å²) >= 11 is 0. The van der Waals surface area contributed by atoms with Gasteiger partial charge in [0.15, 0.2) is 0 Å². The molecule has 0 aliphatic heterocycles. The van der Waals surface area contributed by atoms with Crippen LogP contribution in [0.15, 0.2) is 53.1 Å². The fourth-order valence-electron chi connectivity index (χ4n) is 2.55. The average Bonchev–Trinajstić information content (AvgIpc) is 3.23. The standard InChI is InChI=1S/C18H16N6O/c1-12-10-14(8-9-19-12)11-24-13(2)20-16(23-24)18-22-21-17(25-18)15-6-4-3-5-7-15/h3-10H,11H2,1-2H3. The van der Waals surface area contributed by atoms with Gasteiger partial charge in [0.2, 0.25) is 11.7 Å². The van der Waals surface area contributed by atoms with E-state index in [4.69, 9.17) is 4.42 Å². The number of aromatic nitrogens is 6. The molecule has 0 aliphatic rings. The van der Waals surface area contributed by atoms with E-state index in [1.807, 2.05) is 61.0 Å². The van der Waals surface area contributed by atoms with Crippen molar-refractivity contribution in [2.45, 2.75) is 20.4 Å². The van der Waals surface area contributed by atoms with Crippen LogP contribution in [-0.4, -0.2) is 29.9 Å². The lowest BCUT2D eigenvalue weighted by molar-refractivity contribution is 0.576. The molecule has 0 saturated carbocycles. The summed E-state index contributed by atoms with van der Waals surface area (Å²) in [4.78, 5) is 8.66. The van der Waals surface area contributed by atoms with E-state index in [0.717, 1.165) is 22.6 Å². The first-order valence-corrected chi connectivity index (χ1v) is 7.91. The average molecular weight is 332 g/mol. The Morgan fingerprint density at radius 3 is 2.60 bits per heavy atom. The van der Waals surface area contributed by atoms with Crippen LogP contribution in [0.25, 0.3) is 23.2 Å². The summed E-state index contributed by atoms with van der Waals surface area (Å²) in [7, 11) is 0. The normalized spacial score (nSPS) is 11.0. The molecule has 3 heterocycles. The number of hydrogen-bond donors (Lipinski definition) is 0. The number of pyridine rings is 1. The van der Waals surface area contributed by atoms with Gasteiger partial charge in [0.25, 0.3) is 5.89 Å². The predicted octanol–water partition coefficient (Wildman–Crippen LogP) is 3.06. The van der Waals surface area contributed by atoms with Gasteiger partial charge >= 0.3 is 0 Å². The zero-order valence-electron chi connectivity index (χ0n) is 13.9. The van der Waals surface area contributed by atoms with Crippen LogP contribution < -0.4 is 0 Å². The lowest BCUT2D eigenvalue weighted by atomic mass is 10.2. The molecule has 0 saturated heterocycles. The summed E-state index contributed by atoms with van der Waals surface area (Å²) in [6.07, 6.45) is 1.79. The minimum Gasteiger partial charge on any atom is -0.413 e. The monoisotopic (exact) mass is 332 g/mol. The topological polar surface area (TPSA) is 82.5 Å². The van der Waals surface area contributed by atoms with Gasteiger partial charge in [-0.3, -0.25) is 4.98 Å². The van der Waals surface area contributed by atoms with E-state index < -0.39 is 0 Å². The third kappa shape index (κ3) is 3.16. The maximum atomic E-state index is 5.72. The van der Waals surface area contributed by atoms with Crippen molar-refractivity contribution in [3.63, 3.8) is 0 Å². The Morgan fingerprint density at radius 2 is 1.80 bits per heavy atom. The summed E-state index contributed by atoms with van der Waals surface area (Å²) in [5.41, 5.74) is 2.95. The Morgan fingerprint density at radius 1 is 1.00 bits per heavy atom. The SMILES string of the molecule is Cc1cc(Cn2nc(-c3nnc(-c4ccccc4)o3)nc2C)ccn1. The van der Waals surface area contributed by atoms with Gasteiger partial charge in [-0.05, 0) is 43.7 Å². The van der Waals surface area contributed by atoms with Crippen molar-refractivity contribution in [3.05, 3.63) is 65.7 Å². The summed E-state index contributed by atoms with van der Waals surface area (Å²) in [5, 5.41) is 12.7. The van der Waals surface area contributed by atoms with Crippen LogP contribution in [0.3, 0.4) is 0 Å². The first-order chi connectivity index (χ1) is 12.2. The van der Waals surface area contributed by atoms with E-state index in [1.54, 1.807) is 6.20 Å². The van der Waals surface area contributed by atoms with E-state index in [0.29, 0.717) is 24.2 Å². The third-order valence-electron chi connectivity index (χ3n) is 3.79. The number of rotatable bonds is 4. The van der Waals surface area contributed by atoms with Crippen molar-refractivity contribution in [1.82, 2.24) is 29.9 Å². The highest BCUT2D eigenvalue weighted by Gasteiger charge is 2.16. The minimum absolute atomic E-state index is 0.312. The first-order valence-electron chi connectivity index (χ1n) is 7.91. The van der Waals surface area contributed by atoms with Crippen molar-refractivity contribution >= 4 is 0 Å². The smallest absolute Gasteiger partial charge is 0.287 e. The van der Waals surface area contributed by atoms with Crippen LogP contribution in [0.2, 0.25) is 0 Å². The molecule has 25 heavy (non-hydrogen) atoms. The molecule has 0 N–H and O–H groups in total. The third-order valence-corrected chi connectivity index (χ3v) is 3.79.